The fraction of sp³-hybridized carbons (Fsp3) is 0.250. The van der Waals surface area contributed by atoms with E-state index in [1.165, 1.54) is 6.07 Å². The molecule has 0 radical (unpaired) electrons. The molecule has 0 aromatic heterocycles. The highest BCUT2D eigenvalue weighted by atomic mass is 32.2. The number of carbonyl (C=O) groups is 2. The fourth-order valence-electron chi connectivity index (χ4n) is 2.38. The Morgan fingerprint density at radius 3 is 2.32 bits per heavy atom. The third kappa shape index (κ3) is 4.46. The van der Waals surface area contributed by atoms with Crippen LogP contribution in [-0.2, 0) is 14.8 Å². The zero-order valence-corrected chi connectivity index (χ0v) is 14.6. The lowest BCUT2D eigenvalue weighted by atomic mass is 10.1. The number of sulfonamides is 1. The Bertz CT molecular complexity index is 909. The minimum absolute atomic E-state index is 0.0503. The van der Waals surface area contributed by atoms with Crippen molar-refractivity contribution in [2.24, 2.45) is 0 Å². The van der Waals surface area contributed by atoms with Gasteiger partial charge in [0.1, 0.15) is 6.09 Å². The molecule has 0 fully saturated rings. The molecular weight excluding hydrogens is 346 g/mol. The summed E-state index contributed by atoms with van der Waals surface area (Å²) < 4.78 is 27.3. The highest BCUT2D eigenvalue weighted by molar-refractivity contribution is 7.89. The molecular formula is C16H18N3O5S-. The van der Waals surface area contributed by atoms with Gasteiger partial charge in [-0.2, -0.15) is 0 Å². The van der Waals surface area contributed by atoms with Gasteiger partial charge in [-0.15, -0.1) is 0 Å². The quantitative estimate of drug-likeness (QED) is 0.695. The molecule has 0 spiro atoms. The smallest absolute Gasteiger partial charge is 0.241 e. The number of anilines is 1. The van der Waals surface area contributed by atoms with Crippen LogP contribution in [0.5, 0.6) is 0 Å². The largest absolute Gasteiger partial charge is 0.530 e. The van der Waals surface area contributed by atoms with Crippen molar-refractivity contribution in [1.29, 1.82) is 0 Å². The molecule has 2 aromatic rings. The average Bonchev–Trinajstić information content (AvgIpc) is 2.56. The van der Waals surface area contributed by atoms with Crippen LogP contribution in [0.1, 0.15) is 0 Å². The molecule has 0 aliphatic heterocycles. The molecule has 134 valence electrons. The molecule has 2 N–H and O–H groups in total. The summed E-state index contributed by atoms with van der Waals surface area (Å²) in [6, 6.07) is 10.2. The van der Waals surface area contributed by atoms with Crippen LogP contribution in [0.15, 0.2) is 41.3 Å². The van der Waals surface area contributed by atoms with Crippen LogP contribution < -0.4 is 20.0 Å². The number of nitrogens with one attached hydrogen (secondary N) is 2. The van der Waals surface area contributed by atoms with E-state index in [-0.39, 0.29) is 4.90 Å². The van der Waals surface area contributed by atoms with E-state index in [2.05, 4.69) is 4.72 Å². The minimum Gasteiger partial charge on any atom is -0.530 e. The monoisotopic (exact) mass is 364 g/mol. The highest BCUT2D eigenvalue weighted by Gasteiger charge is 2.19. The van der Waals surface area contributed by atoms with Crippen LogP contribution in [0.2, 0.25) is 0 Å². The number of carbonyl (C=O) groups excluding carboxylic acids is 2. The third-order valence-corrected chi connectivity index (χ3v) is 4.98. The van der Waals surface area contributed by atoms with Crippen molar-refractivity contribution in [2.45, 2.75) is 4.90 Å². The summed E-state index contributed by atoms with van der Waals surface area (Å²) in [6.07, 6.45) is -1.60. The first-order valence-corrected chi connectivity index (χ1v) is 8.86. The summed E-state index contributed by atoms with van der Waals surface area (Å²) in [4.78, 5) is 23.7. The van der Waals surface area contributed by atoms with Crippen molar-refractivity contribution in [3.05, 3.63) is 36.4 Å². The Balaban J connectivity index is 2.29. The molecule has 9 heteroatoms. The normalized spacial score (nSPS) is 11.3. The van der Waals surface area contributed by atoms with Crippen molar-refractivity contribution in [3.63, 3.8) is 0 Å². The standard InChI is InChI=1S/C16H19N3O5S/c1-19(2)14-7-3-6-13-12(14)5-4-8-15(13)25(23,24)18-10-11(20)9-17-16(21)22/h3-8,17-18H,9-10H2,1-2H3,(H,21,22)/p-1. The molecule has 0 saturated heterocycles. The second-order valence-electron chi connectivity index (χ2n) is 5.53. The van der Waals surface area contributed by atoms with Crippen LogP contribution in [0, 0.1) is 0 Å². The van der Waals surface area contributed by atoms with Crippen molar-refractivity contribution < 1.29 is 23.1 Å². The number of hydrogen-bond acceptors (Lipinski definition) is 6. The summed E-state index contributed by atoms with van der Waals surface area (Å²) in [6.45, 7) is -1.04. The van der Waals surface area contributed by atoms with Gasteiger partial charge >= 0.3 is 0 Å². The highest BCUT2D eigenvalue weighted by Crippen LogP contribution is 2.29. The second kappa shape index (κ2) is 7.49. The Kier molecular flexibility index (Phi) is 5.60. The Morgan fingerprint density at radius 2 is 1.68 bits per heavy atom. The second-order valence-corrected chi connectivity index (χ2v) is 7.26. The van der Waals surface area contributed by atoms with Gasteiger partial charge in [0.2, 0.25) is 10.0 Å². The van der Waals surface area contributed by atoms with Gasteiger partial charge in [0, 0.05) is 30.6 Å². The first kappa shape index (κ1) is 18.7. The zero-order valence-electron chi connectivity index (χ0n) is 13.8. The molecule has 0 aliphatic rings. The lowest BCUT2D eigenvalue weighted by Gasteiger charge is -2.17. The lowest BCUT2D eigenvalue weighted by molar-refractivity contribution is -0.250. The molecule has 0 unspecified atom stereocenters. The van der Waals surface area contributed by atoms with Gasteiger partial charge in [-0.1, -0.05) is 24.3 Å². The Labute approximate surface area is 145 Å². The van der Waals surface area contributed by atoms with Crippen LogP contribution in [0.25, 0.3) is 10.8 Å². The summed E-state index contributed by atoms with van der Waals surface area (Å²) in [5.74, 6) is -0.623. The lowest BCUT2D eigenvalue weighted by Crippen LogP contribution is -2.42. The SMILES string of the molecule is CN(C)c1cccc2c(S(=O)(=O)NCC(=O)CNC(=O)[O-])cccc12. The van der Waals surface area contributed by atoms with Crippen LogP contribution >= 0.6 is 0 Å². The number of benzene rings is 2. The molecule has 2 rings (SSSR count). The maximum atomic E-state index is 12.5. The molecule has 0 saturated carbocycles. The van der Waals surface area contributed by atoms with E-state index in [0.29, 0.717) is 5.39 Å². The van der Waals surface area contributed by atoms with Crippen molar-refractivity contribution >= 4 is 38.4 Å². The van der Waals surface area contributed by atoms with Gasteiger partial charge in [0.25, 0.3) is 0 Å². The summed E-state index contributed by atoms with van der Waals surface area (Å²) >= 11 is 0. The van der Waals surface area contributed by atoms with Crippen molar-refractivity contribution in [3.8, 4) is 0 Å². The van der Waals surface area contributed by atoms with E-state index < -0.39 is 35.0 Å². The first-order chi connectivity index (χ1) is 11.7. The number of carboxylic acid groups (broad SMARTS) is 1. The number of ketones is 1. The number of amides is 1. The van der Waals surface area contributed by atoms with Gasteiger partial charge in [0.15, 0.2) is 5.78 Å². The van der Waals surface area contributed by atoms with E-state index in [9.17, 15) is 23.1 Å². The minimum atomic E-state index is -3.94. The van der Waals surface area contributed by atoms with Crippen molar-refractivity contribution in [2.75, 3.05) is 32.1 Å². The zero-order chi connectivity index (χ0) is 18.6. The maximum Gasteiger partial charge on any atom is 0.241 e. The molecule has 0 atom stereocenters. The molecule has 25 heavy (non-hydrogen) atoms. The average molecular weight is 364 g/mol. The number of hydrogen-bond donors (Lipinski definition) is 2. The van der Waals surface area contributed by atoms with Crippen LogP contribution in [0.3, 0.4) is 0 Å². The van der Waals surface area contributed by atoms with Gasteiger partial charge in [-0.3, -0.25) is 4.79 Å². The fourth-order valence-corrected chi connectivity index (χ4v) is 3.61. The Morgan fingerprint density at radius 1 is 1.04 bits per heavy atom. The molecule has 1 amide bonds. The number of rotatable bonds is 7. The third-order valence-electron chi connectivity index (χ3n) is 3.52. The van der Waals surface area contributed by atoms with E-state index in [1.54, 1.807) is 23.5 Å². The van der Waals surface area contributed by atoms with Gasteiger partial charge in [0.05, 0.1) is 18.0 Å². The van der Waals surface area contributed by atoms with Crippen LogP contribution in [0.4, 0.5) is 10.5 Å². The molecule has 0 heterocycles. The van der Waals surface area contributed by atoms with Gasteiger partial charge < -0.3 is 20.1 Å². The Hall–Kier alpha value is -2.65. The topological polar surface area (TPSA) is 119 Å². The molecule has 0 aliphatic carbocycles. The summed E-state index contributed by atoms with van der Waals surface area (Å²) in [5, 5.41) is 13.3. The predicted octanol–water partition coefficient (Wildman–Crippen LogP) is -0.314. The maximum absolute atomic E-state index is 12.5. The van der Waals surface area contributed by atoms with Gasteiger partial charge in [-0.05, 0) is 12.1 Å². The molecule has 8 nitrogen and oxygen atoms in total. The van der Waals surface area contributed by atoms with E-state index in [1.807, 2.05) is 31.1 Å². The number of fused-ring (bicyclic) bond motifs is 1. The van der Waals surface area contributed by atoms with E-state index >= 15 is 0 Å². The number of Topliss-reactive ketones (excluding diaryl/α,β-unsaturated/α-hetero) is 1. The predicted molar refractivity (Wildman–Crippen MR) is 91.9 cm³/mol. The summed E-state index contributed by atoms with van der Waals surface area (Å²) in [5.41, 5.74) is 0.865. The van der Waals surface area contributed by atoms with Gasteiger partial charge in [-0.25, -0.2) is 13.1 Å². The van der Waals surface area contributed by atoms with E-state index in [0.717, 1.165) is 11.1 Å². The summed E-state index contributed by atoms with van der Waals surface area (Å²) in [7, 11) is -0.227. The first-order valence-electron chi connectivity index (χ1n) is 7.37. The number of nitrogens with zero attached hydrogens (tertiary/aromatic N) is 1. The van der Waals surface area contributed by atoms with Crippen molar-refractivity contribution in [1.82, 2.24) is 10.0 Å². The van der Waals surface area contributed by atoms with E-state index in [4.69, 9.17) is 0 Å². The molecule has 0 bridgehead atoms. The van der Waals surface area contributed by atoms with Crippen LogP contribution in [-0.4, -0.2) is 47.5 Å². The molecule has 2 aromatic carbocycles.